The smallest absolute Gasteiger partial charge is 0.162 e. The van der Waals surface area contributed by atoms with Crippen molar-refractivity contribution in [2.75, 3.05) is 31.2 Å². The molecule has 1 aromatic carbocycles. The molecule has 6 heteroatoms. The van der Waals surface area contributed by atoms with Crippen LogP contribution in [0.15, 0.2) is 42.6 Å². The molecule has 3 heterocycles. The molecule has 1 saturated heterocycles. The lowest BCUT2D eigenvalue weighted by molar-refractivity contribution is 0.122. The van der Waals surface area contributed by atoms with Gasteiger partial charge in [0.05, 0.1) is 18.7 Å². The average molecular weight is 362 g/mol. The highest BCUT2D eigenvalue weighted by Gasteiger charge is 2.19. The van der Waals surface area contributed by atoms with E-state index < -0.39 is 0 Å². The number of phenols is 1. The van der Waals surface area contributed by atoms with Gasteiger partial charge in [0.2, 0.25) is 0 Å². The van der Waals surface area contributed by atoms with Crippen LogP contribution in [-0.4, -0.2) is 46.4 Å². The third kappa shape index (κ3) is 3.48. The molecule has 138 valence electrons. The summed E-state index contributed by atoms with van der Waals surface area (Å²) in [6.45, 7) is 6.94. The number of nitrogens with zero attached hydrogens (tertiary/aromatic N) is 4. The van der Waals surface area contributed by atoms with Gasteiger partial charge < -0.3 is 14.7 Å². The number of aromatic hydroxyl groups is 1. The fourth-order valence-electron chi connectivity index (χ4n) is 3.16. The Kier molecular flexibility index (Phi) is 4.73. The van der Waals surface area contributed by atoms with Gasteiger partial charge in [0.1, 0.15) is 11.3 Å². The molecule has 0 spiro atoms. The zero-order valence-corrected chi connectivity index (χ0v) is 15.5. The number of phenolic OH excluding ortho intramolecular Hbond substituents is 1. The first-order chi connectivity index (χ1) is 13.2. The van der Waals surface area contributed by atoms with Gasteiger partial charge in [-0.2, -0.15) is 0 Å². The molecule has 0 radical (unpaired) electrons. The fraction of sp³-hybridized carbons (Fsp3) is 0.286. The number of ether oxygens (including phenoxy) is 1. The van der Waals surface area contributed by atoms with Crippen LogP contribution in [-0.2, 0) is 4.74 Å². The number of hydrogen-bond acceptors (Lipinski definition) is 6. The lowest BCUT2D eigenvalue weighted by Crippen LogP contribution is -2.37. The van der Waals surface area contributed by atoms with Crippen molar-refractivity contribution >= 4 is 22.4 Å². The Balaban J connectivity index is 1.92. The summed E-state index contributed by atoms with van der Waals surface area (Å²) in [4.78, 5) is 16.4. The molecule has 1 fully saturated rings. The Hall–Kier alpha value is -2.99. The maximum absolute atomic E-state index is 9.85. The third-order valence-corrected chi connectivity index (χ3v) is 4.82. The van der Waals surface area contributed by atoms with Gasteiger partial charge in [0.25, 0.3) is 0 Å². The van der Waals surface area contributed by atoms with Crippen LogP contribution in [0.1, 0.15) is 19.4 Å². The number of benzene rings is 1. The summed E-state index contributed by atoms with van der Waals surface area (Å²) in [7, 11) is 0. The molecule has 3 aromatic rings. The van der Waals surface area contributed by atoms with E-state index in [1.54, 1.807) is 18.2 Å². The van der Waals surface area contributed by atoms with E-state index in [1.165, 1.54) is 0 Å². The second-order valence-corrected chi connectivity index (χ2v) is 6.58. The van der Waals surface area contributed by atoms with E-state index in [-0.39, 0.29) is 5.75 Å². The van der Waals surface area contributed by atoms with Gasteiger partial charge in [0.15, 0.2) is 11.6 Å². The molecular weight excluding hydrogens is 340 g/mol. The Morgan fingerprint density at radius 2 is 2.00 bits per heavy atom. The molecule has 27 heavy (non-hydrogen) atoms. The quantitative estimate of drug-likeness (QED) is 0.767. The second kappa shape index (κ2) is 7.32. The minimum atomic E-state index is 0.195. The standard InChI is InChI=1S/C21H22N4O2/c1-3-14(2)16-12-18-19(22-13-16)21(25-7-9-27-10-8-25)24-20(23-18)15-5-4-6-17(26)11-15/h3-6,11-13,26H,7-10H2,1-2H3/b14-3+. The van der Waals surface area contributed by atoms with Crippen molar-refractivity contribution in [1.29, 1.82) is 0 Å². The molecule has 0 bridgehead atoms. The second-order valence-electron chi connectivity index (χ2n) is 6.58. The first kappa shape index (κ1) is 17.4. The summed E-state index contributed by atoms with van der Waals surface area (Å²) in [5.74, 6) is 1.59. The topological polar surface area (TPSA) is 71.4 Å². The average Bonchev–Trinajstić information content (AvgIpc) is 2.72. The van der Waals surface area contributed by atoms with Gasteiger partial charge in [-0.3, -0.25) is 4.98 Å². The summed E-state index contributed by atoms with van der Waals surface area (Å²) >= 11 is 0. The Bertz CT molecular complexity index is 1010. The molecule has 0 aliphatic carbocycles. The molecule has 0 atom stereocenters. The maximum Gasteiger partial charge on any atom is 0.162 e. The molecule has 1 aliphatic rings. The monoisotopic (exact) mass is 362 g/mol. The number of morpholine rings is 1. The Labute approximate surface area is 158 Å². The van der Waals surface area contributed by atoms with Crippen molar-refractivity contribution in [2.45, 2.75) is 13.8 Å². The number of hydrogen-bond donors (Lipinski definition) is 1. The Morgan fingerprint density at radius 3 is 2.74 bits per heavy atom. The van der Waals surface area contributed by atoms with E-state index in [4.69, 9.17) is 14.7 Å². The van der Waals surface area contributed by atoms with Gasteiger partial charge in [-0.05, 0) is 43.2 Å². The van der Waals surface area contributed by atoms with Crippen molar-refractivity contribution < 1.29 is 9.84 Å². The third-order valence-electron chi connectivity index (χ3n) is 4.82. The lowest BCUT2D eigenvalue weighted by Gasteiger charge is -2.28. The minimum Gasteiger partial charge on any atom is -0.508 e. The largest absolute Gasteiger partial charge is 0.508 e. The van der Waals surface area contributed by atoms with Crippen molar-refractivity contribution in [1.82, 2.24) is 15.0 Å². The summed E-state index contributed by atoms with van der Waals surface area (Å²) in [5.41, 5.74) is 4.55. The van der Waals surface area contributed by atoms with Crippen LogP contribution in [0.3, 0.4) is 0 Å². The van der Waals surface area contributed by atoms with Crippen LogP contribution >= 0.6 is 0 Å². The summed E-state index contributed by atoms with van der Waals surface area (Å²) in [5, 5.41) is 9.85. The van der Waals surface area contributed by atoms with Crippen LogP contribution in [0.2, 0.25) is 0 Å². The molecule has 4 rings (SSSR count). The zero-order chi connectivity index (χ0) is 18.8. The number of aromatic nitrogens is 3. The summed E-state index contributed by atoms with van der Waals surface area (Å²) in [6.07, 6.45) is 3.93. The number of anilines is 1. The normalized spacial score (nSPS) is 15.3. The van der Waals surface area contributed by atoms with Gasteiger partial charge in [-0.15, -0.1) is 0 Å². The van der Waals surface area contributed by atoms with Crippen molar-refractivity contribution in [2.24, 2.45) is 0 Å². The van der Waals surface area contributed by atoms with Crippen molar-refractivity contribution in [3.05, 3.63) is 48.2 Å². The van der Waals surface area contributed by atoms with E-state index in [0.29, 0.717) is 19.0 Å². The molecule has 2 aromatic heterocycles. The summed E-state index contributed by atoms with van der Waals surface area (Å²) < 4.78 is 5.48. The summed E-state index contributed by atoms with van der Waals surface area (Å²) in [6, 6.07) is 9.07. The first-order valence-corrected chi connectivity index (χ1v) is 9.09. The highest BCUT2D eigenvalue weighted by Crippen LogP contribution is 2.29. The number of rotatable bonds is 3. The van der Waals surface area contributed by atoms with Crippen LogP contribution in [0.5, 0.6) is 5.75 Å². The molecular formula is C21H22N4O2. The van der Waals surface area contributed by atoms with Gasteiger partial charge >= 0.3 is 0 Å². The molecule has 6 nitrogen and oxygen atoms in total. The maximum atomic E-state index is 9.85. The molecule has 1 N–H and O–H groups in total. The SMILES string of the molecule is C/C=C(\C)c1cnc2c(N3CCOCC3)nc(-c3cccc(O)c3)nc2c1. The first-order valence-electron chi connectivity index (χ1n) is 9.09. The number of fused-ring (bicyclic) bond motifs is 1. The van der Waals surface area contributed by atoms with E-state index in [1.807, 2.05) is 19.2 Å². The number of pyridine rings is 1. The molecule has 1 aliphatic heterocycles. The van der Waals surface area contributed by atoms with Crippen molar-refractivity contribution in [3.8, 4) is 17.1 Å². The van der Waals surface area contributed by atoms with E-state index in [9.17, 15) is 5.11 Å². The fourth-order valence-corrected chi connectivity index (χ4v) is 3.16. The molecule has 0 amide bonds. The van der Waals surface area contributed by atoms with Crippen LogP contribution < -0.4 is 4.90 Å². The van der Waals surface area contributed by atoms with Gasteiger partial charge in [-0.1, -0.05) is 18.2 Å². The van der Waals surface area contributed by atoms with Crippen LogP contribution in [0.25, 0.3) is 28.0 Å². The van der Waals surface area contributed by atoms with Crippen LogP contribution in [0.4, 0.5) is 5.82 Å². The van der Waals surface area contributed by atoms with Gasteiger partial charge in [-0.25, -0.2) is 9.97 Å². The van der Waals surface area contributed by atoms with Crippen molar-refractivity contribution in [3.63, 3.8) is 0 Å². The highest BCUT2D eigenvalue weighted by atomic mass is 16.5. The van der Waals surface area contributed by atoms with E-state index in [0.717, 1.165) is 46.6 Å². The molecule has 0 saturated carbocycles. The lowest BCUT2D eigenvalue weighted by atomic mass is 10.1. The predicted molar refractivity (Wildman–Crippen MR) is 107 cm³/mol. The Morgan fingerprint density at radius 1 is 1.19 bits per heavy atom. The van der Waals surface area contributed by atoms with Crippen LogP contribution in [0, 0.1) is 0 Å². The van der Waals surface area contributed by atoms with E-state index in [2.05, 4.69) is 29.0 Å². The predicted octanol–water partition coefficient (Wildman–Crippen LogP) is 3.66. The minimum absolute atomic E-state index is 0.195. The highest BCUT2D eigenvalue weighted by molar-refractivity contribution is 5.89. The van der Waals surface area contributed by atoms with Gasteiger partial charge in [0, 0.05) is 24.8 Å². The zero-order valence-electron chi connectivity index (χ0n) is 15.5. The van der Waals surface area contributed by atoms with E-state index >= 15 is 0 Å². The molecule has 0 unspecified atom stereocenters. The number of allylic oxidation sites excluding steroid dienone is 2.